The fraction of sp³-hybridized carbons (Fsp3) is 0.769. The van der Waals surface area contributed by atoms with Crippen molar-refractivity contribution in [3.63, 3.8) is 0 Å². The minimum Gasteiger partial charge on any atom is -0.376 e. The van der Waals surface area contributed by atoms with Crippen LogP contribution in [0.15, 0.2) is 0 Å². The van der Waals surface area contributed by atoms with Gasteiger partial charge in [0.25, 0.3) is 0 Å². The van der Waals surface area contributed by atoms with Gasteiger partial charge in [0, 0.05) is 5.54 Å². The van der Waals surface area contributed by atoms with Crippen LogP contribution in [0.2, 0.25) is 0 Å². The zero-order chi connectivity index (χ0) is 12.7. The van der Waals surface area contributed by atoms with Gasteiger partial charge >= 0.3 is 21.1 Å². The van der Waals surface area contributed by atoms with Gasteiger partial charge < -0.3 is 24.0 Å². The first-order chi connectivity index (χ1) is 6.48. The van der Waals surface area contributed by atoms with Crippen molar-refractivity contribution in [2.45, 2.75) is 59.9 Å². The van der Waals surface area contributed by atoms with E-state index in [-0.39, 0.29) is 32.5 Å². The van der Waals surface area contributed by atoms with Gasteiger partial charge in [0.05, 0.1) is 5.91 Å². The van der Waals surface area contributed by atoms with Crippen LogP contribution in [0.25, 0.3) is 0 Å². The fourth-order valence-corrected chi connectivity index (χ4v) is 0.949. The van der Waals surface area contributed by atoms with E-state index in [2.05, 4.69) is 39.9 Å². The van der Waals surface area contributed by atoms with Crippen molar-refractivity contribution in [1.82, 2.24) is 5.32 Å². The second kappa shape index (κ2) is 9.10. The van der Waals surface area contributed by atoms with Gasteiger partial charge in [0.1, 0.15) is 0 Å². The van der Waals surface area contributed by atoms with Gasteiger partial charge in [-0.15, -0.1) is 0 Å². The predicted octanol–water partition coefficient (Wildman–Crippen LogP) is 3.38. The normalized spacial score (nSPS) is 10.7. The predicted molar refractivity (Wildman–Crippen MR) is 67.3 cm³/mol. The van der Waals surface area contributed by atoms with Crippen LogP contribution in [0, 0.1) is 19.3 Å². The topological polar surface area (TPSA) is 29.1 Å². The van der Waals surface area contributed by atoms with Gasteiger partial charge in [0.2, 0.25) is 0 Å². The molecular formula is C13H27NOW. The number of nitrogens with one attached hydrogen (secondary N) is 1. The summed E-state index contributed by atoms with van der Waals surface area (Å²) < 4.78 is 0. The molecule has 0 heterocycles. The summed E-state index contributed by atoms with van der Waals surface area (Å²) in [4.78, 5) is 10.2. The Kier molecular flexibility index (Phi) is 12.1. The molecule has 0 aliphatic rings. The van der Waals surface area contributed by atoms with Gasteiger partial charge in [-0.25, -0.2) is 0 Å². The van der Waals surface area contributed by atoms with Crippen molar-refractivity contribution in [2.24, 2.45) is 5.41 Å². The second-order valence-corrected chi connectivity index (χ2v) is 5.96. The van der Waals surface area contributed by atoms with Crippen molar-refractivity contribution in [3.05, 3.63) is 13.8 Å². The van der Waals surface area contributed by atoms with E-state index in [0.717, 1.165) is 6.42 Å². The first kappa shape index (κ1) is 21.3. The van der Waals surface area contributed by atoms with Crippen LogP contribution in [0.5, 0.6) is 0 Å². The second-order valence-electron chi connectivity index (χ2n) is 5.96. The molecule has 0 saturated heterocycles. The van der Waals surface area contributed by atoms with Crippen molar-refractivity contribution in [3.8, 4) is 0 Å². The third-order valence-corrected chi connectivity index (χ3v) is 1.44. The molecule has 0 spiro atoms. The molecule has 16 heavy (non-hydrogen) atoms. The van der Waals surface area contributed by atoms with Crippen molar-refractivity contribution in [1.29, 1.82) is 0 Å². The first-order valence-corrected chi connectivity index (χ1v) is 5.41. The molecule has 0 unspecified atom stereocenters. The molecule has 0 saturated carbocycles. The zero-order valence-electron chi connectivity index (χ0n) is 11.6. The molecule has 1 amide bonds. The minimum absolute atomic E-state index is 0. The molecular weight excluding hydrogens is 370 g/mol. The van der Waals surface area contributed by atoms with E-state index in [1.54, 1.807) is 0 Å². The number of hydrogen-bond donors (Lipinski definition) is 1. The molecule has 0 radical (unpaired) electrons. The summed E-state index contributed by atoms with van der Waals surface area (Å²) in [5.74, 6) is -0.225. The zero-order valence-corrected chi connectivity index (χ0v) is 14.6. The van der Waals surface area contributed by atoms with E-state index < -0.39 is 0 Å². The maximum Gasteiger partial charge on any atom is 2.00 e. The summed E-state index contributed by atoms with van der Waals surface area (Å²) in [5.41, 5.74) is 0.348. The van der Waals surface area contributed by atoms with Gasteiger partial charge in [-0.05, 0) is 26.2 Å². The number of carbonyl (C=O) groups is 1. The average Bonchev–Trinajstić information content (AvgIpc) is 1.77. The van der Waals surface area contributed by atoms with Gasteiger partial charge in [0.15, 0.2) is 0 Å². The first-order valence-electron chi connectivity index (χ1n) is 5.41. The summed E-state index contributed by atoms with van der Waals surface area (Å²) >= 11 is 0. The molecule has 3 heteroatoms. The van der Waals surface area contributed by atoms with Crippen LogP contribution in [0.4, 0.5) is 0 Å². The van der Waals surface area contributed by atoms with E-state index in [4.69, 9.17) is 0 Å². The molecule has 0 bridgehead atoms. The molecule has 0 fully saturated rings. The van der Waals surface area contributed by atoms with Crippen LogP contribution in [-0.4, -0.2) is 11.4 Å². The molecule has 0 aliphatic carbocycles. The van der Waals surface area contributed by atoms with Crippen LogP contribution >= 0.6 is 0 Å². The Morgan fingerprint density at radius 3 is 1.50 bits per heavy atom. The number of hydrogen-bond acceptors (Lipinski definition) is 1. The Bertz CT molecular complexity index is 177. The molecule has 0 aromatic carbocycles. The molecule has 0 rings (SSSR count). The third kappa shape index (κ3) is 29.2. The van der Waals surface area contributed by atoms with Crippen LogP contribution < -0.4 is 5.32 Å². The van der Waals surface area contributed by atoms with Gasteiger partial charge in [-0.1, -0.05) is 27.2 Å². The van der Waals surface area contributed by atoms with E-state index in [9.17, 15) is 4.79 Å². The summed E-state index contributed by atoms with van der Waals surface area (Å²) in [6, 6.07) is 0. The van der Waals surface area contributed by atoms with Crippen LogP contribution in [0.3, 0.4) is 0 Å². The molecule has 96 valence electrons. The van der Waals surface area contributed by atoms with E-state index >= 15 is 0 Å². The monoisotopic (exact) mass is 397 g/mol. The van der Waals surface area contributed by atoms with Crippen molar-refractivity contribution in [2.75, 3.05) is 0 Å². The minimum atomic E-state index is -0.225. The summed E-state index contributed by atoms with van der Waals surface area (Å²) in [5, 5.41) is 2.63. The molecule has 0 aromatic heterocycles. The molecule has 0 atom stereocenters. The summed E-state index contributed by atoms with van der Waals surface area (Å²) in [7, 11) is 0. The molecule has 0 aliphatic heterocycles. The maximum absolute atomic E-state index is 10.2. The average molecular weight is 397 g/mol. The third-order valence-electron chi connectivity index (χ3n) is 1.44. The summed E-state index contributed by atoms with van der Waals surface area (Å²) in [6.45, 7) is 19.4. The number of rotatable bonds is 1. The quantitative estimate of drug-likeness (QED) is 0.676. The van der Waals surface area contributed by atoms with Gasteiger partial charge in [-0.2, -0.15) is 6.42 Å². The van der Waals surface area contributed by atoms with Crippen LogP contribution in [-0.2, 0) is 25.9 Å². The molecule has 1 N–H and O–H groups in total. The van der Waals surface area contributed by atoms with E-state index in [1.165, 1.54) is 6.42 Å². The van der Waals surface area contributed by atoms with E-state index in [1.807, 2.05) is 20.8 Å². The smallest absolute Gasteiger partial charge is 0.376 e. The standard InChI is InChI=1S/C7H15.C6H12NO.W/c1-5-6-7(2,3)4;1-5(8)7-6(2,3)4;/h1,5-6H2,2-4H3;1H2,2-4H3,(H,7,8);/q2*-1;+2. The fourth-order valence-electron chi connectivity index (χ4n) is 0.949. The summed E-state index contributed by atoms with van der Waals surface area (Å²) in [6.07, 6.45) is 2.29. The maximum atomic E-state index is 10.2. The molecule has 0 aromatic rings. The largest absolute Gasteiger partial charge is 2.00 e. The van der Waals surface area contributed by atoms with Crippen molar-refractivity contribution < 1.29 is 25.9 Å². The van der Waals surface area contributed by atoms with E-state index in [0.29, 0.717) is 5.41 Å². The van der Waals surface area contributed by atoms with Gasteiger partial charge in [-0.3, -0.25) is 0 Å². The SMILES string of the molecule is [CH2-]C(=O)NC(C)(C)C.[CH2-]CCC(C)(C)C.[W+2]. The Balaban J connectivity index is -0.000000200. The Morgan fingerprint density at radius 2 is 1.50 bits per heavy atom. The van der Waals surface area contributed by atoms with Crippen LogP contribution in [0.1, 0.15) is 54.4 Å². The Hall–Kier alpha value is 0.0283. The Labute approximate surface area is 116 Å². The number of amides is 1. The molecule has 2 nitrogen and oxygen atoms in total. The number of carbonyl (C=O) groups excluding carboxylic acids is 1. The van der Waals surface area contributed by atoms with Crippen molar-refractivity contribution >= 4 is 5.91 Å². The Morgan fingerprint density at radius 1 is 1.12 bits per heavy atom.